The van der Waals surface area contributed by atoms with Crippen molar-refractivity contribution < 1.29 is 24.4 Å². The molecule has 0 aliphatic carbocycles. The molecule has 0 radical (unpaired) electrons. The Labute approximate surface area is 73.9 Å². The van der Waals surface area contributed by atoms with Crippen molar-refractivity contribution in [1.82, 2.24) is 0 Å². The van der Waals surface area contributed by atoms with E-state index in [2.05, 4.69) is 0 Å². The molecule has 1 N–H and O–H groups in total. The van der Waals surface area contributed by atoms with Crippen LogP contribution in [0.2, 0.25) is 21.3 Å². The van der Waals surface area contributed by atoms with E-state index in [1.165, 1.54) is 27.7 Å². The molecule has 0 fully saturated rings. The van der Waals surface area contributed by atoms with Crippen molar-refractivity contribution in [3.63, 3.8) is 0 Å². The molecule has 0 saturated carbocycles. The maximum atomic E-state index is 12.5. The van der Waals surface area contributed by atoms with Crippen LogP contribution in [0.4, 0.5) is 0 Å². The van der Waals surface area contributed by atoms with Gasteiger partial charge in [0.2, 0.25) is 0 Å². The Balaban J connectivity index is 7.02. The molecule has 0 aromatic heterocycles. The van der Waals surface area contributed by atoms with Crippen molar-refractivity contribution in [2.24, 2.45) is 0 Å². The molecule has 0 aliphatic rings. The molecule has 0 saturated heterocycles. The minimum absolute atomic E-state index is 0.763. The molecule has 0 bridgehead atoms. The van der Waals surface area contributed by atoms with Gasteiger partial charge in [-0.05, 0) is 0 Å². The van der Waals surface area contributed by atoms with E-state index in [0.717, 1.165) is 0 Å². The van der Waals surface area contributed by atoms with Crippen LogP contribution in [0.25, 0.3) is 0 Å². The van der Waals surface area contributed by atoms with E-state index in [-0.39, 0.29) is 0 Å². The van der Waals surface area contributed by atoms with E-state index in [1.807, 2.05) is 0 Å². The Hall–Kier alpha value is -0.121. The van der Waals surface area contributed by atoms with Gasteiger partial charge in [-0.15, -0.1) is 0 Å². The first-order chi connectivity index (χ1) is 5.24. The zero-order valence-electron chi connectivity index (χ0n) is 8.88. The standard InChI is InChI=1S/4C2H5.Mn.H2O.3O/c4*1-2;;;;;/h4*1H2,2H3;;1H2;;;/q;;;;+1;;;;/p-1. The molecule has 0 aromatic rings. The minimum atomic E-state index is -7.95. The van der Waals surface area contributed by atoms with Gasteiger partial charge >= 0.3 is 73.4 Å². The van der Waals surface area contributed by atoms with Crippen molar-refractivity contribution in [3.05, 3.63) is 0 Å². The average molecular weight is 236 g/mol. The van der Waals surface area contributed by atoms with Crippen molar-refractivity contribution in [2.75, 3.05) is 0 Å². The van der Waals surface area contributed by atoms with Crippen molar-refractivity contribution in [3.8, 4) is 0 Å². The van der Waals surface area contributed by atoms with Gasteiger partial charge < -0.3 is 0 Å². The van der Waals surface area contributed by atoms with Gasteiger partial charge in [-0.2, -0.15) is 0 Å². The molecule has 84 valence electrons. The fourth-order valence-corrected chi connectivity index (χ4v) is 4.68. The summed E-state index contributed by atoms with van der Waals surface area (Å²) in [5, 5.41) is -3.05. The molecule has 0 heterocycles. The van der Waals surface area contributed by atoms with E-state index in [1.54, 1.807) is 0 Å². The molecule has 0 aromatic carbocycles. The molecule has 0 amide bonds. The second-order valence-electron chi connectivity index (χ2n) is 4.39. The van der Waals surface area contributed by atoms with Crippen LogP contribution in [0.1, 0.15) is 27.7 Å². The fourth-order valence-electron chi connectivity index (χ4n) is 1.13. The monoisotopic (exact) mass is 236 g/mol. The summed E-state index contributed by atoms with van der Waals surface area (Å²) in [6, 6.07) is 0. The van der Waals surface area contributed by atoms with Gasteiger partial charge in [-0.3, -0.25) is 0 Å². The summed E-state index contributed by atoms with van der Waals surface area (Å²) >= 11 is 0. The first kappa shape index (κ1) is 12.9. The maximum absolute atomic E-state index is 12.5. The quantitative estimate of drug-likeness (QED) is 0.761. The Bertz CT molecular complexity index is 505. The molecular formula is C8H21MnO4. The molecule has 0 unspecified atom stereocenters. The van der Waals surface area contributed by atoms with Crippen LogP contribution in [0, 0.1) is 0 Å². The number of hydrogen-bond acceptors (Lipinski definition) is 3. The summed E-state index contributed by atoms with van der Waals surface area (Å²) in [4.78, 5) is 0. The van der Waals surface area contributed by atoms with Crippen LogP contribution in [-0.2, 0) is 20.3 Å². The van der Waals surface area contributed by atoms with Crippen LogP contribution >= 0.6 is 0 Å². The Morgan fingerprint density at radius 2 is 0.923 bits per heavy atom. The Kier molecular flexibility index (Phi) is 1.37. The van der Waals surface area contributed by atoms with Gasteiger partial charge in [0.15, 0.2) is 0 Å². The van der Waals surface area contributed by atoms with E-state index >= 15 is 0 Å². The van der Waals surface area contributed by atoms with Crippen molar-refractivity contribution in [2.45, 2.75) is 49.0 Å². The summed E-state index contributed by atoms with van der Waals surface area (Å²) in [5.41, 5.74) is 0. The van der Waals surface area contributed by atoms with E-state index in [0.29, 0.717) is 0 Å². The van der Waals surface area contributed by atoms with Crippen molar-refractivity contribution >= 4 is 0 Å². The second-order valence-corrected chi connectivity index (χ2v) is 18.1. The third-order valence-corrected chi connectivity index (χ3v) is 16.7. The fraction of sp³-hybridized carbons (Fsp3) is 1.00. The molecule has 5 heteroatoms. The van der Waals surface area contributed by atoms with Crippen LogP contribution in [0.3, 0.4) is 0 Å². The molecule has 0 aliphatic heterocycles. The van der Waals surface area contributed by atoms with E-state index < -0.39 is 30.0 Å². The van der Waals surface area contributed by atoms with Crippen molar-refractivity contribution in [1.29, 1.82) is 0 Å². The predicted molar refractivity (Wildman–Crippen MR) is 46.2 cm³/mol. The van der Waals surface area contributed by atoms with Crippen LogP contribution < -0.4 is 0 Å². The number of hydrogen-bond donors (Lipinski definition) is 1. The summed E-state index contributed by atoms with van der Waals surface area (Å²) < 4.78 is 47.5. The van der Waals surface area contributed by atoms with Gasteiger partial charge in [0.05, 0.1) is 0 Å². The van der Waals surface area contributed by atoms with Crippen LogP contribution in [-0.4, -0.2) is 4.19 Å². The predicted octanol–water partition coefficient (Wildman–Crippen LogP) is 2.98. The zero-order valence-corrected chi connectivity index (χ0v) is 10.1. The summed E-state index contributed by atoms with van der Waals surface area (Å²) in [6.45, 7) is 4.86. The summed E-state index contributed by atoms with van der Waals surface area (Å²) in [5.74, 6) is 0. The van der Waals surface area contributed by atoms with Gasteiger partial charge in [0.1, 0.15) is 0 Å². The average Bonchev–Trinajstić information content (AvgIpc) is 2.08. The van der Waals surface area contributed by atoms with Crippen LogP contribution in [0.5, 0.6) is 0 Å². The first-order valence-corrected chi connectivity index (χ1v) is 9.84. The topological polar surface area (TPSA) is 71.4 Å². The molecule has 0 spiro atoms. The molecule has 4 nitrogen and oxygen atoms in total. The normalized spacial score (nSPS) is 25.0. The van der Waals surface area contributed by atoms with Gasteiger partial charge in [-0.1, -0.05) is 0 Å². The Morgan fingerprint density at radius 3 is 0.923 bits per heavy atom. The molecular weight excluding hydrogens is 215 g/mol. The molecule has 0 atom stereocenters. The zero-order chi connectivity index (χ0) is 11.2. The second kappa shape index (κ2) is 1.38. The molecule has 0 rings (SSSR count). The number of rotatable bonds is 4. The SMILES string of the molecule is C[CH2][Mn](=[O])(=[O])(=[O])([OH])([CH2]C)([CH2]C)[CH2]C. The van der Waals surface area contributed by atoms with Crippen LogP contribution in [0.15, 0.2) is 0 Å². The third-order valence-electron chi connectivity index (χ3n) is 4.06. The van der Waals surface area contributed by atoms with Gasteiger partial charge in [-0.25, -0.2) is 0 Å². The van der Waals surface area contributed by atoms with Gasteiger partial charge in [0.25, 0.3) is 0 Å². The third kappa shape index (κ3) is 1.49. The summed E-state index contributed by atoms with van der Waals surface area (Å²) in [6.07, 6.45) is 0. The van der Waals surface area contributed by atoms with E-state index in [9.17, 15) is 15.7 Å². The van der Waals surface area contributed by atoms with Gasteiger partial charge in [0, 0.05) is 0 Å². The first-order valence-electron chi connectivity index (χ1n) is 4.53. The summed E-state index contributed by atoms with van der Waals surface area (Å²) in [7, 11) is -7.95. The Morgan fingerprint density at radius 1 is 0.769 bits per heavy atom. The van der Waals surface area contributed by atoms with E-state index in [4.69, 9.17) is 0 Å². The molecule has 13 heavy (non-hydrogen) atoms.